The van der Waals surface area contributed by atoms with E-state index in [1.807, 2.05) is 0 Å². The van der Waals surface area contributed by atoms with E-state index < -0.39 is 9.84 Å². The zero-order chi connectivity index (χ0) is 23.2. The Morgan fingerprint density at radius 2 is 1.67 bits per heavy atom. The Hall–Kier alpha value is -3.82. The summed E-state index contributed by atoms with van der Waals surface area (Å²) in [5.41, 5.74) is 8.23. The Morgan fingerprint density at radius 1 is 0.970 bits per heavy atom. The highest BCUT2D eigenvalue weighted by atomic mass is 35.5. The molecule has 0 amide bonds. The Labute approximate surface area is 192 Å². The minimum absolute atomic E-state index is 0.0294. The molecule has 0 saturated heterocycles. The number of aromatic nitrogens is 3. The molecular weight excluding hydrogens is 465 g/mol. The molecule has 0 bridgehead atoms. The molecule has 33 heavy (non-hydrogen) atoms. The second kappa shape index (κ2) is 7.95. The summed E-state index contributed by atoms with van der Waals surface area (Å²) >= 11 is 6.03. The molecule has 164 valence electrons. The predicted molar refractivity (Wildman–Crippen MR) is 126 cm³/mol. The van der Waals surface area contributed by atoms with E-state index in [-0.39, 0.29) is 37.6 Å². The summed E-state index contributed by atoms with van der Waals surface area (Å²) in [4.78, 5) is 8.86. The summed E-state index contributed by atoms with van der Waals surface area (Å²) in [5, 5.41) is 4.61. The molecule has 0 fully saturated rings. The highest BCUT2D eigenvalue weighted by molar-refractivity contribution is 7.92. The maximum Gasteiger partial charge on any atom is 0.212 e. The van der Waals surface area contributed by atoms with Crippen molar-refractivity contribution in [3.63, 3.8) is 0 Å². The van der Waals surface area contributed by atoms with E-state index >= 15 is 0 Å². The smallest absolute Gasteiger partial charge is 0.212 e. The molecular formula is C23H15ClFN5O2S. The number of nitrogen functional groups attached to an aromatic ring is 1. The zero-order valence-electron chi connectivity index (χ0n) is 16.9. The number of benzene rings is 3. The van der Waals surface area contributed by atoms with Crippen LogP contribution in [0.5, 0.6) is 0 Å². The van der Waals surface area contributed by atoms with Crippen LogP contribution in [0.2, 0.25) is 5.02 Å². The lowest BCUT2D eigenvalue weighted by molar-refractivity contribution is 0.597. The molecule has 0 aliphatic carbocycles. The van der Waals surface area contributed by atoms with Crippen molar-refractivity contribution in [2.24, 2.45) is 5.10 Å². The molecule has 2 N–H and O–H groups in total. The van der Waals surface area contributed by atoms with Gasteiger partial charge in [-0.05, 0) is 48.0 Å². The molecule has 2 aromatic heterocycles. The highest BCUT2D eigenvalue weighted by Gasteiger charge is 2.30. The summed E-state index contributed by atoms with van der Waals surface area (Å²) in [5.74, 6) is -0.538. The molecule has 10 heteroatoms. The number of hydrogen-bond acceptors (Lipinski definition) is 6. The van der Waals surface area contributed by atoms with Gasteiger partial charge in [-0.3, -0.25) is 0 Å². The van der Waals surface area contributed by atoms with E-state index in [2.05, 4.69) is 15.1 Å². The van der Waals surface area contributed by atoms with Gasteiger partial charge in [0.2, 0.25) is 9.84 Å². The van der Waals surface area contributed by atoms with Crippen molar-refractivity contribution in [2.75, 3.05) is 5.73 Å². The zero-order valence-corrected chi connectivity index (χ0v) is 18.4. The maximum absolute atomic E-state index is 13.6. The summed E-state index contributed by atoms with van der Waals surface area (Å²) in [6.45, 7) is 0. The fourth-order valence-electron chi connectivity index (χ4n) is 3.43. The lowest BCUT2D eigenvalue weighted by Crippen LogP contribution is -2.06. The number of nitrogens with two attached hydrogens (primary N) is 1. The van der Waals surface area contributed by atoms with Crippen molar-refractivity contribution < 1.29 is 12.8 Å². The fourth-order valence-corrected chi connectivity index (χ4v) is 5.21. The lowest BCUT2D eigenvalue weighted by atomic mass is 10.2. The summed E-state index contributed by atoms with van der Waals surface area (Å²) in [6.07, 6.45) is 1.43. The first kappa shape index (κ1) is 21.0. The monoisotopic (exact) mass is 479 g/mol. The van der Waals surface area contributed by atoms with Crippen LogP contribution >= 0.6 is 11.6 Å². The van der Waals surface area contributed by atoms with Gasteiger partial charge in [0.25, 0.3) is 0 Å². The Balaban J connectivity index is 1.79. The number of hydrogen-bond donors (Lipinski definition) is 1. The van der Waals surface area contributed by atoms with Crippen molar-refractivity contribution in [2.45, 2.75) is 9.79 Å². The van der Waals surface area contributed by atoms with E-state index in [1.54, 1.807) is 36.4 Å². The van der Waals surface area contributed by atoms with Crippen molar-refractivity contribution >= 4 is 55.7 Å². The van der Waals surface area contributed by atoms with Gasteiger partial charge < -0.3 is 5.73 Å². The summed E-state index contributed by atoms with van der Waals surface area (Å²) in [6, 6.07) is 18.6. The van der Waals surface area contributed by atoms with Gasteiger partial charge in [0.15, 0.2) is 5.65 Å². The number of anilines is 1. The molecule has 0 saturated carbocycles. The van der Waals surface area contributed by atoms with Crippen LogP contribution in [0.1, 0.15) is 5.56 Å². The van der Waals surface area contributed by atoms with Gasteiger partial charge in [-0.15, -0.1) is 0 Å². The van der Waals surface area contributed by atoms with Crippen LogP contribution in [0.3, 0.4) is 0 Å². The molecule has 0 aliphatic rings. The van der Waals surface area contributed by atoms with E-state index in [4.69, 9.17) is 17.3 Å². The largest absolute Gasteiger partial charge is 0.382 e. The van der Waals surface area contributed by atoms with Crippen LogP contribution in [0.25, 0.3) is 22.2 Å². The highest BCUT2D eigenvalue weighted by Crippen LogP contribution is 2.35. The molecule has 3 aromatic carbocycles. The molecule has 0 spiro atoms. The minimum Gasteiger partial charge on any atom is -0.382 e. The second-order valence-electron chi connectivity index (χ2n) is 7.17. The summed E-state index contributed by atoms with van der Waals surface area (Å²) in [7, 11) is -4.11. The third kappa shape index (κ3) is 3.71. The topological polar surface area (TPSA) is 103 Å². The molecule has 0 radical (unpaired) electrons. The molecule has 5 aromatic rings. The maximum atomic E-state index is 13.6. The van der Waals surface area contributed by atoms with Gasteiger partial charge in [0.1, 0.15) is 22.0 Å². The average Bonchev–Trinajstić information content (AvgIpc) is 3.08. The SMILES string of the molecule is Nc1c(S(=O)(=O)c2cccc(Cl)c2)c2nc3ccccc3nc2n1/N=C/c1ccc(F)cc1. The number of halogens is 2. The third-order valence-electron chi connectivity index (χ3n) is 5.00. The van der Waals surface area contributed by atoms with Gasteiger partial charge in [0.05, 0.1) is 22.1 Å². The first-order chi connectivity index (χ1) is 15.8. The van der Waals surface area contributed by atoms with Crippen LogP contribution in [0, 0.1) is 5.82 Å². The van der Waals surface area contributed by atoms with Gasteiger partial charge >= 0.3 is 0 Å². The van der Waals surface area contributed by atoms with Gasteiger partial charge in [-0.25, -0.2) is 22.8 Å². The van der Waals surface area contributed by atoms with Crippen molar-refractivity contribution in [3.05, 3.63) is 89.2 Å². The van der Waals surface area contributed by atoms with Gasteiger partial charge in [0, 0.05) is 5.02 Å². The molecule has 2 heterocycles. The standard InChI is InChI=1S/C23H15ClFN5O2S/c24-15-4-3-5-17(12-15)33(31,32)21-20-23(29-19-7-2-1-6-18(19)28-20)30(22(21)26)27-13-14-8-10-16(25)11-9-14/h1-13H,26H2/b27-13+. The Bertz CT molecular complexity index is 1660. The number of nitrogens with zero attached hydrogens (tertiary/aromatic N) is 4. The van der Waals surface area contributed by atoms with Crippen LogP contribution in [0.15, 0.2) is 87.7 Å². The number of para-hydroxylation sites is 2. The fraction of sp³-hybridized carbons (Fsp3) is 0. The van der Waals surface area contributed by atoms with E-state index in [0.717, 1.165) is 0 Å². The normalized spacial score (nSPS) is 12.2. The molecule has 0 unspecified atom stereocenters. The first-order valence-corrected chi connectivity index (χ1v) is 11.6. The lowest BCUT2D eigenvalue weighted by Gasteiger charge is -2.05. The Kier molecular flexibility index (Phi) is 5.07. The number of rotatable bonds is 4. The minimum atomic E-state index is -4.11. The van der Waals surface area contributed by atoms with Crippen LogP contribution in [-0.2, 0) is 9.84 Å². The van der Waals surface area contributed by atoms with Crippen molar-refractivity contribution in [1.29, 1.82) is 0 Å². The van der Waals surface area contributed by atoms with Crippen LogP contribution in [-0.4, -0.2) is 29.3 Å². The van der Waals surface area contributed by atoms with E-state index in [9.17, 15) is 12.8 Å². The van der Waals surface area contributed by atoms with Gasteiger partial charge in [-0.2, -0.15) is 9.78 Å². The third-order valence-corrected chi connectivity index (χ3v) is 7.05. The van der Waals surface area contributed by atoms with Gasteiger partial charge in [-0.1, -0.05) is 41.9 Å². The van der Waals surface area contributed by atoms with Crippen LogP contribution in [0.4, 0.5) is 10.2 Å². The molecule has 7 nitrogen and oxygen atoms in total. The average molecular weight is 480 g/mol. The Morgan fingerprint density at radius 3 is 2.36 bits per heavy atom. The predicted octanol–water partition coefficient (Wildman–Crippen LogP) is 4.67. The number of fused-ring (bicyclic) bond motifs is 2. The number of sulfone groups is 1. The van der Waals surface area contributed by atoms with Crippen molar-refractivity contribution in [1.82, 2.24) is 14.6 Å². The van der Waals surface area contributed by atoms with Crippen LogP contribution < -0.4 is 5.73 Å². The second-order valence-corrected chi connectivity index (χ2v) is 9.49. The van der Waals surface area contributed by atoms with E-state index in [0.29, 0.717) is 16.6 Å². The quantitative estimate of drug-likeness (QED) is 0.377. The van der Waals surface area contributed by atoms with E-state index in [1.165, 1.54) is 47.3 Å². The molecule has 0 aliphatic heterocycles. The first-order valence-electron chi connectivity index (χ1n) is 9.72. The summed E-state index contributed by atoms with van der Waals surface area (Å²) < 4.78 is 41.6. The molecule has 5 rings (SSSR count). The van der Waals surface area contributed by atoms with Crippen molar-refractivity contribution in [3.8, 4) is 0 Å². The molecule has 0 atom stereocenters.